The van der Waals surface area contributed by atoms with Crippen molar-refractivity contribution in [2.24, 2.45) is 5.92 Å². The highest BCUT2D eigenvalue weighted by atomic mass is 16.1. The third-order valence-electron chi connectivity index (χ3n) is 2.95. The molecule has 2 rings (SSSR count). The van der Waals surface area contributed by atoms with Crippen LogP contribution in [0.1, 0.15) is 29.8 Å². The zero-order valence-electron chi connectivity index (χ0n) is 10.9. The molecule has 0 saturated heterocycles. The predicted octanol–water partition coefficient (Wildman–Crippen LogP) is 2.78. The highest BCUT2D eigenvalue weighted by molar-refractivity contribution is 5.86. The molecule has 3 nitrogen and oxygen atoms in total. The van der Waals surface area contributed by atoms with Crippen LogP contribution in [0.25, 0.3) is 10.9 Å². The SMILES string of the molecule is Cc1ccc2cc(C=O)c(=O)n(CC(C)C)c2c1. The van der Waals surface area contributed by atoms with Gasteiger partial charge in [-0.2, -0.15) is 0 Å². The number of nitrogens with zero attached hydrogens (tertiary/aromatic N) is 1. The number of aryl methyl sites for hydroxylation is 1. The molecule has 0 atom stereocenters. The fourth-order valence-electron chi connectivity index (χ4n) is 2.13. The van der Waals surface area contributed by atoms with Crippen LogP contribution in [-0.2, 0) is 6.54 Å². The van der Waals surface area contributed by atoms with E-state index in [-0.39, 0.29) is 11.1 Å². The van der Waals surface area contributed by atoms with Gasteiger partial charge in [0.15, 0.2) is 6.29 Å². The molecule has 0 aliphatic heterocycles. The summed E-state index contributed by atoms with van der Waals surface area (Å²) in [6.07, 6.45) is 0.637. The van der Waals surface area contributed by atoms with Gasteiger partial charge in [-0.05, 0) is 35.9 Å². The van der Waals surface area contributed by atoms with Crippen molar-refractivity contribution < 1.29 is 4.79 Å². The molecule has 0 bridgehead atoms. The van der Waals surface area contributed by atoms with Crippen LogP contribution in [0.3, 0.4) is 0 Å². The maximum absolute atomic E-state index is 12.2. The molecule has 0 saturated carbocycles. The number of aldehydes is 1. The second-order valence-corrected chi connectivity index (χ2v) is 5.09. The monoisotopic (exact) mass is 243 g/mol. The third-order valence-corrected chi connectivity index (χ3v) is 2.95. The first-order valence-corrected chi connectivity index (χ1v) is 6.12. The molecular formula is C15H17NO2. The van der Waals surface area contributed by atoms with Crippen LogP contribution in [-0.4, -0.2) is 10.9 Å². The lowest BCUT2D eigenvalue weighted by atomic mass is 10.1. The van der Waals surface area contributed by atoms with Gasteiger partial charge < -0.3 is 4.57 Å². The molecule has 0 N–H and O–H groups in total. The molecule has 3 heteroatoms. The van der Waals surface area contributed by atoms with Gasteiger partial charge in [0.2, 0.25) is 0 Å². The molecule has 1 heterocycles. The van der Waals surface area contributed by atoms with Crippen molar-refractivity contribution in [2.75, 3.05) is 0 Å². The summed E-state index contributed by atoms with van der Waals surface area (Å²) in [5.41, 5.74) is 2.04. The second kappa shape index (κ2) is 4.77. The molecular weight excluding hydrogens is 226 g/mol. The Bertz CT molecular complexity index is 653. The van der Waals surface area contributed by atoms with Gasteiger partial charge >= 0.3 is 0 Å². The molecule has 0 spiro atoms. The van der Waals surface area contributed by atoms with E-state index in [1.807, 2.05) is 25.1 Å². The Kier molecular flexibility index (Phi) is 3.32. The number of hydrogen-bond donors (Lipinski definition) is 0. The summed E-state index contributed by atoms with van der Waals surface area (Å²) in [7, 11) is 0. The molecule has 0 fully saturated rings. The van der Waals surface area contributed by atoms with Gasteiger partial charge in [-0.15, -0.1) is 0 Å². The van der Waals surface area contributed by atoms with E-state index in [0.717, 1.165) is 16.5 Å². The molecule has 0 radical (unpaired) electrons. The van der Waals surface area contributed by atoms with E-state index in [4.69, 9.17) is 0 Å². The van der Waals surface area contributed by atoms with E-state index < -0.39 is 0 Å². The molecule has 1 aromatic heterocycles. The molecule has 0 aliphatic carbocycles. The van der Waals surface area contributed by atoms with Gasteiger partial charge in [0, 0.05) is 6.54 Å². The number of pyridine rings is 1. The maximum Gasteiger partial charge on any atom is 0.261 e. The summed E-state index contributed by atoms with van der Waals surface area (Å²) < 4.78 is 1.71. The Morgan fingerprint density at radius 1 is 1.28 bits per heavy atom. The first-order chi connectivity index (χ1) is 8.52. The lowest BCUT2D eigenvalue weighted by molar-refractivity contribution is 0.112. The normalized spacial score (nSPS) is 11.1. The fourth-order valence-corrected chi connectivity index (χ4v) is 2.13. The Morgan fingerprint density at radius 3 is 2.61 bits per heavy atom. The van der Waals surface area contributed by atoms with E-state index in [0.29, 0.717) is 18.7 Å². The Labute approximate surface area is 106 Å². The quantitative estimate of drug-likeness (QED) is 0.777. The Morgan fingerprint density at radius 2 is 2.00 bits per heavy atom. The molecule has 0 amide bonds. The average Bonchev–Trinajstić information content (AvgIpc) is 2.32. The summed E-state index contributed by atoms with van der Waals surface area (Å²) in [6, 6.07) is 7.60. The van der Waals surface area contributed by atoms with Crippen LogP contribution in [0.5, 0.6) is 0 Å². The van der Waals surface area contributed by atoms with Gasteiger partial charge in [0.1, 0.15) is 0 Å². The summed E-state index contributed by atoms with van der Waals surface area (Å²) in [5, 5.41) is 0.933. The van der Waals surface area contributed by atoms with Gasteiger partial charge in [-0.1, -0.05) is 26.0 Å². The number of benzene rings is 1. The second-order valence-electron chi connectivity index (χ2n) is 5.09. The van der Waals surface area contributed by atoms with E-state index >= 15 is 0 Å². The van der Waals surface area contributed by atoms with Gasteiger partial charge in [-0.3, -0.25) is 9.59 Å². The maximum atomic E-state index is 12.2. The number of aromatic nitrogens is 1. The lowest BCUT2D eigenvalue weighted by Crippen LogP contribution is -2.25. The minimum absolute atomic E-state index is 0.197. The molecule has 0 aliphatic rings. The zero-order valence-corrected chi connectivity index (χ0v) is 10.9. The smallest absolute Gasteiger partial charge is 0.261 e. The van der Waals surface area contributed by atoms with E-state index in [9.17, 15) is 9.59 Å². The number of fused-ring (bicyclic) bond motifs is 1. The van der Waals surface area contributed by atoms with Crippen molar-refractivity contribution in [3.8, 4) is 0 Å². The van der Waals surface area contributed by atoms with Crippen molar-refractivity contribution >= 4 is 17.2 Å². The summed E-state index contributed by atoms with van der Waals surface area (Å²) in [6.45, 7) is 6.74. The van der Waals surface area contributed by atoms with Crippen molar-refractivity contribution in [2.45, 2.75) is 27.3 Å². The van der Waals surface area contributed by atoms with Gasteiger partial charge in [0.25, 0.3) is 5.56 Å². The number of hydrogen-bond acceptors (Lipinski definition) is 2. The van der Waals surface area contributed by atoms with Gasteiger partial charge in [0.05, 0.1) is 11.1 Å². The van der Waals surface area contributed by atoms with Gasteiger partial charge in [-0.25, -0.2) is 0 Å². The molecule has 94 valence electrons. The fraction of sp³-hybridized carbons (Fsp3) is 0.333. The average molecular weight is 243 g/mol. The summed E-state index contributed by atoms with van der Waals surface area (Å²) in [4.78, 5) is 23.2. The first kappa shape index (κ1) is 12.6. The number of rotatable bonds is 3. The summed E-state index contributed by atoms with van der Waals surface area (Å²) >= 11 is 0. The van der Waals surface area contributed by atoms with E-state index in [1.165, 1.54) is 0 Å². The number of carbonyl (C=O) groups is 1. The van der Waals surface area contributed by atoms with Crippen LogP contribution in [0.2, 0.25) is 0 Å². The standard InChI is InChI=1S/C15H17NO2/c1-10(2)8-16-14-6-11(3)4-5-12(14)7-13(9-17)15(16)18/h4-7,9-10H,8H2,1-3H3. The molecule has 18 heavy (non-hydrogen) atoms. The van der Waals surface area contributed by atoms with Crippen LogP contribution in [0.4, 0.5) is 0 Å². The third kappa shape index (κ3) is 2.21. The Balaban J connectivity index is 2.83. The van der Waals surface area contributed by atoms with Crippen molar-refractivity contribution in [3.05, 3.63) is 45.7 Å². The minimum Gasteiger partial charge on any atom is -0.307 e. The highest BCUT2D eigenvalue weighted by Gasteiger charge is 2.10. The summed E-state index contributed by atoms with van der Waals surface area (Å²) in [5.74, 6) is 0.355. The van der Waals surface area contributed by atoms with Crippen LogP contribution < -0.4 is 5.56 Å². The number of carbonyl (C=O) groups excluding carboxylic acids is 1. The lowest BCUT2D eigenvalue weighted by Gasteiger charge is -2.13. The van der Waals surface area contributed by atoms with Crippen molar-refractivity contribution in [3.63, 3.8) is 0 Å². The van der Waals surface area contributed by atoms with Crippen molar-refractivity contribution in [1.82, 2.24) is 4.57 Å². The molecule has 1 aromatic carbocycles. The highest BCUT2D eigenvalue weighted by Crippen LogP contribution is 2.16. The van der Waals surface area contributed by atoms with E-state index in [1.54, 1.807) is 10.6 Å². The Hall–Kier alpha value is -1.90. The topological polar surface area (TPSA) is 39.1 Å². The molecule has 2 aromatic rings. The predicted molar refractivity (Wildman–Crippen MR) is 73.2 cm³/mol. The van der Waals surface area contributed by atoms with Crippen LogP contribution in [0.15, 0.2) is 29.1 Å². The van der Waals surface area contributed by atoms with Crippen LogP contribution in [0, 0.1) is 12.8 Å². The first-order valence-electron chi connectivity index (χ1n) is 6.12. The van der Waals surface area contributed by atoms with E-state index in [2.05, 4.69) is 13.8 Å². The molecule has 0 unspecified atom stereocenters. The van der Waals surface area contributed by atoms with Crippen LogP contribution >= 0.6 is 0 Å². The minimum atomic E-state index is -0.197. The van der Waals surface area contributed by atoms with Crippen molar-refractivity contribution in [1.29, 1.82) is 0 Å². The zero-order chi connectivity index (χ0) is 13.3. The largest absolute Gasteiger partial charge is 0.307 e.